The minimum atomic E-state index is -0.406. The molecular weight excluding hydrogens is 450 g/mol. The lowest BCUT2D eigenvalue weighted by Gasteiger charge is -2.14. The summed E-state index contributed by atoms with van der Waals surface area (Å²) < 4.78 is 11.8. The van der Waals surface area contributed by atoms with E-state index in [0.29, 0.717) is 27.4 Å². The number of hydrogen-bond acceptors (Lipinski definition) is 7. The fourth-order valence-electron chi connectivity index (χ4n) is 3.48. The number of benzene rings is 3. The summed E-state index contributed by atoms with van der Waals surface area (Å²) in [5, 5.41) is 6.41. The first kappa shape index (κ1) is 21.5. The molecule has 0 radical (unpaired) electrons. The van der Waals surface area contributed by atoms with Gasteiger partial charge in [0.2, 0.25) is 10.6 Å². The number of aryl methyl sites for hydroxylation is 1. The molecule has 0 aliphatic heterocycles. The third-order valence-electron chi connectivity index (χ3n) is 5.24. The van der Waals surface area contributed by atoms with E-state index >= 15 is 0 Å². The van der Waals surface area contributed by atoms with Crippen LogP contribution in [0.2, 0.25) is 0 Å². The highest BCUT2D eigenvalue weighted by Crippen LogP contribution is 2.31. The van der Waals surface area contributed by atoms with Crippen LogP contribution in [0.25, 0.3) is 21.2 Å². The van der Waals surface area contributed by atoms with Crippen molar-refractivity contribution in [3.8, 4) is 5.75 Å². The van der Waals surface area contributed by atoms with Crippen LogP contribution < -0.4 is 15.2 Å². The zero-order valence-corrected chi connectivity index (χ0v) is 19.2. The normalized spacial score (nSPS) is 11.4. The van der Waals surface area contributed by atoms with Crippen molar-refractivity contribution in [1.82, 2.24) is 4.98 Å². The zero-order valence-electron chi connectivity index (χ0n) is 18.4. The summed E-state index contributed by atoms with van der Waals surface area (Å²) in [5.41, 5.74) is 2.69. The lowest BCUT2D eigenvalue weighted by atomic mass is 10.2. The highest BCUT2D eigenvalue weighted by molar-refractivity contribution is 7.22. The van der Waals surface area contributed by atoms with E-state index < -0.39 is 5.91 Å². The average Bonchev–Trinajstić information content (AvgIpc) is 3.28. The van der Waals surface area contributed by atoms with Crippen molar-refractivity contribution in [3.05, 3.63) is 99.9 Å². The Labute approximate surface area is 198 Å². The number of thiazole rings is 1. The lowest BCUT2D eigenvalue weighted by Crippen LogP contribution is -2.26. The molecule has 1 amide bonds. The van der Waals surface area contributed by atoms with Crippen molar-refractivity contribution in [1.29, 1.82) is 0 Å². The second-order valence-electron chi connectivity index (χ2n) is 7.58. The molecule has 0 aliphatic carbocycles. The van der Waals surface area contributed by atoms with Crippen molar-refractivity contribution < 1.29 is 13.9 Å². The van der Waals surface area contributed by atoms with Gasteiger partial charge < -0.3 is 9.15 Å². The number of aromatic nitrogens is 1. The summed E-state index contributed by atoms with van der Waals surface area (Å²) in [4.78, 5) is 31.0. The van der Waals surface area contributed by atoms with Crippen LogP contribution in [0, 0.1) is 6.92 Å². The maximum atomic E-state index is 13.5. The summed E-state index contributed by atoms with van der Waals surface area (Å²) in [6, 6.07) is 19.6. The molecule has 0 N–H and O–H groups in total. The van der Waals surface area contributed by atoms with E-state index in [2.05, 4.69) is 10.1 Å². The maximum Gasteiger partial charge on any atom is 0.280 e. The Morgan fingerprint density at radius 3 is 2.82 bits per heavy atom. The highest BCUT2D eigenvalue weighted by Gasteiger charge is 2.22. The van der Waals surface area contributed by atoms with Crippen LogP contribution in [0.3, 0.4) is 0 Å². The molecule has 2 heterocycles. The SMILES string of the molecule is COc1cccc(C(=O)N(/N=C/c2coc3ccccc3c2=O)c2nc3ccc(C)cc3s2)c1. The number of carbonyl (C=O) groups is 1. The molecule has 7 nitrogen and oxygen atoms in total. The van der Waals surface area contributed by atoms with Gasteiger partial charge in [-0.25, -0.2) is 4.98 Å². The smallest absolute Gasteiger partial charge is 0.280 e. The van der Waals surface area contributed by atoms with Gasteiger partial charge in [0.05, 0.1) is 34.5 Å². The van der Waals surface area contributed by atoms with Gasteiger partial charge in [-0.05, 0) is 55.0 Å². The minimum absolute atomic E-state index is 0.221. The zero-order chi connectivity index (χ0) is 23.7. The number of para-hydroxylation sites is 1. The van der Waals surface area contributed by atoms with E-state index in [-0.39, 0.29) is 11.0 Å². The average molecular weight is 470 g/mol. The Kier molecular flexibility index (Phi) is 5.65. The number of hydrogen-bond donors (Lipinski definition) is 0. The predicted molar refractivity (Wildman–Crippen MR) is 134 cm³/mol. The Balaban J connectivity index is 1.60. The molecular formula is C26H19N3O4S. The van der Waals surface area contributed by atoms with E-state index in [9.17, 15) is 9.59 Å². The topological polar surface area (TPSA) is 85.0 Å². The molecule has 5 rings (SSSR count). The van der Waals surface area contributed by atoms with Crippen LogP contribution in [0.1, 0.15) is 21.5 Å². The van der Waals surface area contributed by atoms with Gasteiger partial charge in [0, 0.05) is 5.56 Å². The van der Waals surface area contributed by atoms with E-state index in [1.54, 1.807) is 48.5 Å². The van der Waals surface area contributed by atoms with Crippen molar-refractivity contribution in [2.24, 2.45) is 5.10 Å². The molecule has 0 saturated heterocycles. The lowest BCUT2D eigenvalue weighted by molar-refractivity contribution is 0.0987. The molecule has 5 aromatic rings. The Hall–Kier alpha value is -4.30. The molecule has 0 bridgehead atoms. The van der Waals surface area contributed by atoms with Crippen molar-refractivity contribution in [2.45, 2.75) is 6.92 Å². The second-order valence-corrected chi connectivity index (χ2v) is 8.59. The van der Waals surface area contributed by atoms with Gasteiger partial charge in [-0.3, -0.25) is 9.59 Å². The van der Waals surface area contributed by atoms with Crippen molar-refractivity contribution in [2.75, 3.05) is 12.1 Å². The number of hydrazone groups is 1. The minimum Gasteiger partial charge on any atom is -0.497 e. The van der Waals surface area contributed by atoms with Gasteiger partial charge in [0.25, 0.3) is 5.91 Å². The first-order valence-corrected chi connectivity index (χ1v) is 11.3. The third kappa shape index (κ3) is 4.06. The summed E-state index contributed by atoms with van der Waals surface area (Å²) in [5.74, 6) is 0.140. The number of carbonyl (C=O) groups excluding carboxylic acids is 1. The number of ether oxygens (including phenoxy) is 1. The molecule has 3 aromatic carbocycles. The van der Waals surface area contributed by atoms with Gasteiger partial charge in [-0.2, -0.15) is 10.1 Å². The van der Waals surface area contributed by atoms with Gasteiger partial charge in [-0.15, -0.1) is 0 Å². The number of nitrogens with zero attached hydrogens (tertiary/aromatic N) is 3. The highest BCUT2D eigenvalue weighted by atomic mass is 32.1. The van der Waals surface area contributed by atoms with Gasteiger partial charge in [-0.1, -0.05) is 35.6 Å². The van der Waals surface area contributed by atoms with Crippen molar-refractivity contribution in [3.63, 3.8) is 0 Å². The maximum absolute atomic E-state index is 13.5. The van der Waals surface area contributed by atoms with E-state index in [0.717, 1.165) is 15.8 Å². The summed E-state index contributed by atoms with van der Waals surface area (Å²) in [6.45, 7) is 2.00. The van der Waals surface area contributed by atoms with E-state index in [4.69, 9.17) is 9.15 Å². The molecule has 0 aliphatic rings. The fourth-order valence-corrected chi connectivity index (χ4v) is 4.50. The molecule has 0 unspecified atom stereocenters. The molecule has 0 atom stereocenters. The first-order chi connectivity index (χ1) is 16.5. The molecule has 8 heteroatoms. The quantitative estimate of drug-likeness (QED) is 0.254. The number of methoxy groups -OCH3 is 1. The Morgan fingerprint density at radius 1 is 1.12 bits per heavy atom. The molecule has 0 saturated carbocycles. The summed E-state index contributed by atoms with van der Waals surface area (Å²) in [7, 11) is 1.54. The van der Waals surface area contributed by atoms with Crippen molar-refractivity contribution >= 4 is 49.8 Å². The predicted octanol–water partition coefficient (Wildman–Crippen LogP) is 5.40. The molecule has 168 valence electrons. The molecule has 2 aromatic heterocycles. The summed E-state index contributed by atoms with van der Waals surface area (Å²) >= 11 is 1.34. The van der Waals surface area contributed by atoms with Crippen LogP contribution >= 0.6 is 11.3 Å². The number of fused-ring (bicyclic) bond motifs is 2. The second kappa shape index (κ2) is 8.92. The van der Waals surface area contributed by atoms with Crippen LogP contribution in [-0.2, 0) is 0 Å². The van der Waals surface area contributed by atoms with Crippen LogP contribution in [0.15, 0.2) is 87.3 Å². The molecule has 34 heavy (non-hydrogen) atoms. The molecule has 0 spiro atoms. The monoisotopic (exact) mass is 469 g/mol. The van der Waals surface area contributed by atoms with Gasteiger partial charge in [0.1, 0.15) is 17.6 Å². The standard InChI is InChI=1S/C26H19N3O4S/c1-16-10-11-21-23(12-16)34-26(28-21)29(25(31)17-6-5-7-19(13-17)32-2)27-14-18-15-33-22-9-4-3-8-20(22)24(18)30/h3-15H,1-2H3/b27-14+. The van der Waals surface area contributed by atoms with E-state index in [1.807, 2.05) is 25.1 Å². The van der Waals surface area contributed by atoms with Gasteiger partial charge >= 0.3 is 0 Å². The Morgan fingerprint density at radius 2 is 1.97 bits per heavy atom. The number of amides is 1. The number of anilines is 1. The van der Waals surface area contributed by atoms with Crippen LogP contribution in [0.5, 0.6) is 5.75 Å². The third-order valence-corrected chi connectivity index (χ3v) is 6.24. The fraction of sp³-hybridized carbons (Fsp3) is 0.0769. The van der Waals surface area contributed by atoms with Crippen LogP contribution in [-0.4, -0.2) is 24.2 Å². The Bertz CT molecular complexity index is 1620. The summed E-state index contributed by atoms with van der Waals surface area (Å²) in [6.07, 6.45) is 2.66. The number of rotatable bonds is 5. The first-order valence-electron chi connectivity index (χ1n) is 10.4. The largest absolute Gasteiger partial charge is 0.497 e. The van der Waals surface area contributed by atoms with Crippen LogP contribution in [0.4, 0.5) is 5.13 Å². The van der Waals surface area contributed by atoms with Gasteiger partial charge in [0.15, 0.2) is 0 Å². The van der Waals surface area contributed by atoms with E-state index in [1.165, 1.54) is 35.9 Å². The molecule has 0 fully saturated rings.